The predicted octanol–water partition coefficient (Wildman–Crippen LogP) is 4.36. The van der Waals surface area contributed by atoms with E-state index in [1.165, 1.54) is 12.1 Å². The first-order valence-corrected chi connectivity index (χ1v) is 10.9. The lowest BCUT2D eigenvalue weighted by molar-refractivity contribution is -0.127. The Morgan fingerprint density at radius 3 is 2.35 bits per heavy atom. The lowest BCUT2D eigenvalue weighted by Crippen LogP contribution is -2.47. The fourth-order valence-corrected chi connectivity index (χ4v) is 4.16. The van der Waals surface area contributed by atoms with Crippen LogP contribution in [0, 0.1) is 11.7 Å². The molecule has 0 aromatic heterocycles. The van der Waals surface area contributed by atoms with Gasteiger partial charge in [0.25, 0.3) is 0 Å². The van der Waals surface area contributed by atoms with Gasteiger partial charge in [-0.3, -0.25) is 9.69 Å². The second-order valence-electron chi connectivity index (χ2n) is 8.41. The Balaban J connectivity index is 1.82. The molecule has 6 heteroatoms. The largest absolute Gasteiger partial charge is 0.497 e. The highest BCUT2D eigenvalue weighted by atomic mass is 19.1. The van der Waals surface area contributed by atoms with E-state index in [9.17, 15) is 9.18 Å². The maximum atomic E-state index is 13.4. The van der Waals surface area contributed by atoms with Crippen molar-refractivity contribution < 1.29 is 18.7 Å². The smallest absolute Gasteiger partial charge is 0.224 e. The van der Waals surface area contributed by atoms with Crippen molar-refractivity contribution in [2.75, 3.05) is 27.3 Å². The lowest BCUT2D eigenvalue weighted by atomic mass is 9.83. The van der Waals surface area contributed by atoms with Crippen LogP contribution in [0.1, 0.15) is 43.7 Å². The number of nitrogens with one attached hydrogen (secondary N) is 1. The SMILES string of the molecule is CCC(C)NC(=O)C1CC(c2ccc(F)cc2)CN(Cc2cc(OC)cc(OC)c2)C1. The number of rotatable bonds is 8. The molecule has 3 rings (SSSR count). The van der Waals surface area contributed by atoms with Gasteiger partial charge < -0.3 is 14.8 Å². The van der Waals surface area contributed by atoms with E-state index in [-0.39, 0.29) is 29.6 Å². The van der Waals surface area contributed by atoms with Gasteiger partial charge >= 0.3 is 0 Å². The molecular formula is C25H33FN2O3. The maximum Gasteiger partial charge on any atom is 0.224 e. The van der Waals surface area contributed by atoms with E-state index < -0.39 is 0 Å². The highest BCUT2D eigenvalue weighted by Gasteiger charge is 2.33. The zero-order valence-electron chi connectivity index (χ0n) is 18.9. The molecule has 1 aliphatic rings. The molecule has 2 aromatic rings. The van der Waals surface area contributed by atoms with E-state index in [0.29, 0.717) is 13.1 Å². The van der Waals surface area contributed by atoms with E-state index in [2.05, 4.69) is 17.1 Å². The summed E-state index contributed by atoms with van der Waals surface area (Å²) in [5.74, 6) is 1.38. The summed E-state index contributed by atoms with van der Waals surface area (Å²) in [7, 11) is 3.28. The van der Waals surface area contributed by atoms with Crippen molar-refractivity contribution >= 4 is 5.91 Å². The summed E-state index contributed by atoms with van der Waals surface area (Å²) in [6.45, 7) is 6.25. The molecule has 168 valence electrons. The highest BCUT2D eigenvalue weighted by Crippen LogP contribution is 2.32. The van der Waals surface area contributed by atoms with E-state index in [1.807, 2.05) is 37.3 Å². The summed E-state index contributed by atoms with van der Waals surface area (Å²) in [5.41, 5.74) is 2.13. The van der Waals surface area contributed by atoms with Crippen LogP contribution in [-0.4, -0.2) is 44.2 Å². The van der Waals surface area contributed by atoms with Crippen LogP contribution in [0.4, 0.5) is 4.39 Å². The van der Waals surface area contributed by atoms with Crippen LogP contribution in [0.25, 0.3) is 0 Å². The number of carbonyl (C=O) groups is 1. The van der Waals surface area contributed by atoms with Crippen molar-refractivity contribution in [2.24, 2.45) is 5.92 Å². The van der Waals surface area contributed by atoms with Gasteiger partial charge in [-0.15, -0.1) is 0 Å². The fourth-order valence-electron chi connectivity index (χ4n) is 4.16. The Kier molecular flexibility index (Phi) is 7.91. The Bertz CT molecular complexity index is 849. The lowest BCUT2D eigenvalue weighted by Gasteiger charge is -2.38. The average Bonchev–Trinajstić information content (AvgIpc) is 2.78. The number of halogens is 1. The normalized spacial score (nSPS) is 20.2. The number of benzene rings is 2. The number of methoxy groups -OCH3 is 2. The minimum absolute atomic E-state index is 0.0920. The zero-order valence-corrected chi connectivity index (χ0v) is 18.9. The third-order valence-electron chi connectivity index (χ3n) is 6.06. The van der Waals surface area contributed by atoms with Crippen molar-refractivity contribution in [1.29, 1.82) is 0 Å². The third kappa shape index (κ3) is 6.20. The van der Waals surface area contributed by atoms with Gasteiger partial charge in [0.1, 0.15) is 17.3 Å². The molecule has 2 aromatic carbocycles. The molecule has 3 atom stereocenters. The number of likely N-dealkylation sites (tertiary alicyclic amines) is 1. The number of hydrogen-bond acceptors (Lipinski definition) is 4. The first kappa shape index (κ1) is 23.1. The van der Waals surface area contributed by atoms with Crippen molar-refractivity contribution in [3.8, 4) is 11.5 Å². The number of carbonyl (C=O) groups excluding carboxylic acids is 1. The van der Waals surface area contributed by atoms with Crippen LogP contribution in [0.3, 0.4) is 0 Å². The summed E-state index contributed by atoms with van der Waals surface area (Å²) in [6.07, 6.45) is 1.65. The van der Waals surface area contributed by atoms with E-state index in [4.69, 9.17) is 9.47 Å². The number of nitrogens with zero attached hydrogens (tertiary/aromatic N) is 1. The van der Waals surface area contributed by atoms with Gasteiger partial charge in [0.2, 0.25) is 5.91 Å². The molecule has 0 saturated carbocycles. The van der Waals surface area contributed by atoms with E-state index in [0.717, 1.165) is 42.0 Å². The summed E-state index contributed by atoms with van der Waals surface area (Å²) in [4.78, 5) is 15.3. The van der Waals surface area contributed by atoms with Gasteiger partial charge in [-0.2, -0.15) is 0 Å². The van der Waals surface area contributed by atoms with Crippen LogP contribution in [0.2, 0.25) is 0 Å². The number of hydrogen-bond donors (Lipinski definition) is 1. The van der Waals surface area contributed by atoms with E-state index in [1.54, 1.807) is 14.2 Å². The summed E-state index contributed by atoms with van der Waals surface area (Å²) in [6, 6.07) is 12.7. The van der Waals surface area contributed by atoms with Crippen LogP contribution < -0.4 is 14.8 Å². The minimum atomic E-state index is -0.244. The number of piperidine rings is 1. The maximum absolute atomic E-state index is 13.4. The van der Waals surface area contributed by atoms with Gasteiger partial charge in [0.15, 0.2) is 0 Å². The monoisotopic (exact) mass is 428 g/mol. The van der Waals surface area contributed by atoms with Gasteiger partial charge in [0.05, 0.1) is 20.1 Å². The predicted molar refractivity (Wildman–Crippen MR) is 120 cm³/mol. The van der Waals surface area contributed by atoms with Crippen molar-refractivity contribution in [2.45, 2.75) is 45.2 Å². The van der Waals surface area contributed by atoms with Crippen LogP contribution >= 0.6 is 0 Å². The molecule has 1 heterocycles. The Hall–Kier alpha value is -2.60. The summed E-state index contributed by atoms with van der Waals surface area (Å²) < 4.78 is 24.3. The van der Waals surface area contributed by atoms with Crippen LogP contribution in [-0.2, 0) is 11.3 Å². The average molecular weight is 429 g/mol. The molecule has 0 radical (unpaired) electrons. The molecule has 0 bridgehead atoms. The van der Waals surface area contributed by atoms with Gasteiger partial charge in [-0.1, -0.05) is 19.1 Å². The topological polar surface area (TPSA) is 50.8 Å². The first-order chi connectivity index (χ1) is 14.9. The fraction of sp³-hybridized carbons (Fsp3) is 0.480. The summed E-state index contributed by atoms with van der Waals surface area (Å²) >= 11 is 0. The molecule has 3 unspecified atom stereocenters. The second kappa shape index (κ2) is 10.6. The van der Waals surface area contributed by atoms with Gasteiger partial charge in [-0.25, -0.2) is 4.39 Å². The molecule has 1 N–H and O–H groups in total. The molecule has 5 nitrogen and oxygen atoms in total. The molecule has 1 fully saturated rings. The van der Waals surface area contributed by atoms with Gasteiger partial charge in [0, 0.05) is 31.7 Å². The standard InChI is InChI=1S/C25H33FN2O3/c1-5-17(2)27-25(29)21-12-20(19-6-8-22(26)9-7-19)15-28(16-21)14-18-10-23(30-3)13-24(11-18)31-4/h6-11,13,17,20-21H,5,12,14-16H2,1-4H3,(H,27,29). The molecule has 1 saturated heterocycles. The zero-order chi connectivity index (χ0) is 22.4. The van der Waals surface area contributed by atoms with Crippen molar-refractivity contribution in [1.82, 2.24) is 10.2 Å². The Morgan fingerprint density at radius 2 is 1.77 bits per heavy atom. The Morgan fingerprint density at radius 1 is 1.13 bits per heavy atom. The molecule has 1 aliphatic heterocycles. The Labute approximate surface area is 184 Å². The number of amides is 1. The minimum Gasteiger partial charge on any atom is -0.497 e. The van der Waals surface area contributed by atoms with E-state index >= 15 is 0 Å². The highest BCUT2D eigenvalue weighted by molar-refractivity contribution is 5.79. The second-order valence-corrected chi connectivity index (χ2v) is 8.41. The number of ether oxygens (including phenoxy) is 2. The molecule has 31 heavy (non-hydrogen) atoms. The van der Waals surface area contributed by atoms with Crippen molar-refractivity contribution in [3.63, 3.8) is 0 Å². The van der Waals surface area contributed by atoms with Crippen molar-refractivity contribution in [3.05, 3.63) is 59.4 Å². The molecule has 1 amide bonds. The summed E-state index contributed by atoms with van der Waals surface area (Å²) in [5, 5.41) is 3.14. The molecular weight excluding hydrogens is 395 g/mol. The molecule has 0 spiro atoms. The molecule has 0 aliphatic carbocycles. The van der Waals surface area contributed by atoms with Crippen LogP contribution in [0.15, 0.2) is 42.5 Å². The first-order valence-electron chi connectivity index (χ1n) is 10.9. The van der Waals surface area contributed by atoms with Crippen LogP contribution in [0.5, 0.6) is 11.5 Å². The quantitative estimate of drug-likeness (QED) is 0.679. The van der Waals surface area contributed by atoms with Gasteiger partial charge in [-0.05, 0) is 61.1 Å². The third-order valence-corrected chi connectivity index (χ3v) is 6.06.